The zero-order valence-corrected chi connectivity index (χ0v) is 11.3. The standard InChI is InChI=1S/C13H27N3/c1-11(2)15-6-5-13(10-15)16-8-7-14(4)12(3)9-16/h11-13H,5-10H2,1-4H3. The minimum absolute atomic E-state index is 0.717. The fourth-order valence-corrected chi connectivity index (χ4v) is 2.94. The highest BCUT2D eigenvalue weighted by Crippen LogP contribution is 2.20. The highest BCUT2D eigenvalue weighted by atomic mass is 15.3. The summed E-state index contributed by atoms with van der Waals surface area (Å²) >= 11 is 0. The van der Waals surface area contributed by atoms with Crippen LogP contribution in [0.3, 0.4) is 0 Å². The highest BCUT2D eigenvalue weighted by Gasteiger charge is 2.32. The molecule has 2 atom stereocenters. The van der Waals surface area contributed by atoms with Crippen molar-refractivity contribution < 1.29 is 0 Å². The number of piperazine rings is 1. The van der Waals surface area contributed by atoms with Gasteiger partial charge in [0.2, 0.25) is 0 Å². The van der Waals surface area contributed by atoms with Crippen LogP contribution in [-0.4, -0.2) is 72.6 Å². The first-order chi connectivity index (χ1) is 7.58. The maximum absolute atomic E-state index is 2.72. The van der Waals surface area contributed by atoms with Crippen molar-refractivity contribution in [1.29, 1.82) is 0 Å². The van der Waals surface area contributed by atoms with Gasteiger partial charge in [-0.1, -0.05) is 0 Å². The summed E-state index contributed by atoms with van der Waals surface area (Å²) in [6, 6.07) is 2.26. The summed E-state index contributed by atoms with van der Waals surface area (Å²) < 4.78 is 0. The largest absolute Gasteiger partial charge is 0.301 e. The second-order valence-corrected chi connectivity index (χ2v) is 5.86. The van der Waals surface area contributed by atoms with Crippen LogP contribution in [0, 0.1) is 0 Å². The molecule has 0 amide bonds. The maximum atomic E-state index is 2.72. The molecular weight excluding hydrogens is 198 g/mol. The van der Waals surface area contributed by atoms with Crippen molar-refractivity contribution in [3.8, 4) is 0 Å². The minimum Gasteiger partial charge on any atom is -0.301 e. The Balaban J connectivity index is 1.85. The van der Waals surface area contributed by atoms with E-state index in [0.717, 1.165) is 18.1 Å². The van der Waals surface area contributed by atoms with Gasteiger partial charge in [0.15, 0.2) is 0 Å². The quantitative estimate of drug-likeness (QED) is 0.697. The van der Waals surface area contributed by atoms with Crippen LogP contribution in [-0.2, 0) is 0 Å². The van der Waals surface area contributed by atoms with Gasteiger partial charge in [0, 0.05) is 50.8 Å². The molecule has 2 aliphatic heterocycles. The number of rotatable bonds is 2. The van der Waals surface area contributed by atoms with Gasteiger partial charge in [-0.15, -0.1) is 0 Å². The third-order valence-electron chi connectivity index (χ3n) is 4.43. The molecule has 16 heavy (non-hydrogen) atoms. The van der Waals surface area contributed by atoms with Crippen LogP contribution in [0.15, 0.2) is 0 Å². The Bertz CT molecular complexity index is 229. The molecule has 0 saturated carbocycles. The van der Waals surface area contributed by atoms with Crippen LogP contribution in [0.2, 0.25) is 0 Å². The Hall–Kier alpha value is -0.120. The monoisotopic (exact) mass is 225 g/mol. The van der Waals surface area contributed by atoms with E-state index in [4.69, 9.17) is 0 Å². The van der Waals surface area contributed by atoms with Gasteiger partial charge in [-0.2, -0.15) is 0 Å². The van der Waals surface area contributed by atoms with E-state index in [0.29, 0.717) is 0 Å². The minimum atomic E-state index is 0.717. The lowest BCUT2D eigenvalue weighted by Crippen LogP contribution is -2.54. The molecule has 2 heterocycles. The van der Waals surface area contributed by atoms with E-state index < -0.39 is 0 Å². The van der Waals surface area contributed by atoms with E-state index >= 15 is 0 Å². The molecule has 2 fully saturated rings. The predicted molar refractivity (Wildman–Crippen MR) is 68.8 cm³/mol. The number of likely N-dealkylation sites (N-methyl/N-ethyl adjacent to an activating group) is 1. The molecule has 94 valence electrons. The zero-order chi connectivity index (χ0) is 11.7. The van der Waals surface area contributed by atoms with Gasteiger partial charge in [0.1, 0.15) is 0 Å². The van der Waals surface area contributed by atoms with Gasteiger partial charge in [0.25, 0.3) is 0 Å². The lowest BCUT2D eigenvalue weighted by atomic mass is 10.1. The molecule has 3 heteroatoms. The van der Waals surface area contributed by atoms with Gasteiger partial charge in [-0.25, -0.2) is 0 Å². The maximum Gasteiger partial charge on any atom is 0.0236 e. The first-order valence-electron chi connectivity index (χ1n) is 6.76. The Labute approximate surface area is 100 Å². The van der Waals surface area contributed by atoms with Crippen LogP contribution in [0.25, 0.3) is 0 Å². The third-order valence-corrected chi connectivity index (χ3v) is 4.43. The average molecular weight is 225 g/mol. The van der Waals surface area contributed by atoms with Crippen molar-refractivity contribution in [2.45, 2.75) is 45.3 Å². The lowest BCUT2D eigenvalue weighted by Gasteiger charge is -2.40. The first-order valence-corrected chi connectivity index (χ1v) is 6.76. The van der Waals surface area contributed by atoms with Crippen LogP contribution >= 0.6 is 0 Å². The number of hydrogen-bond acceptors (Lipinski definition) is 3. The SMILES string of the molecule is CC1CN(C2CCN(C(C)C)C2)CCN1C. The highest BCUT2D eigenvalue weighted by molar-refractivity contribution is 4.88. The van der Waals surface area contributed by atoms with Crippen molar-refractivity contribution in [3.63, 3.8) is 0 Å². The van der Waals surface area contributed by atoms with Crippen molar-refractivity contribution >= 4 is 0 Å². The van der Waals surface area contributed by atoms with Crippen molar-refractivity contribution in [2.24, 2.45) is 0 Å². The summed E-state index contributed by atoms with van der Waals surface area (Å²) in [5, 5.41) is 0. The van der Waals surface area contributed by atoms with E-state index in [-0.39, 0.29) is 0 Å². The molecule has 2 aliphatic rings. The molecular formula is C13H27N3. The van der Waals surface area contributed by atoms with Gasteiger partial charge in [-0.05, 0) is 34.2 Å². The molecule has 0 aliphatic carbocycles. The van der Waals surface area contributed by atoms with Gasteiger partial charge in [0.05, 0.1) is 0 Å². The number of nitrogens with zero attached hydrogens (tertiary/aromatic N) is 3. The van der Waals surface area contributed by atoms with E-state index in [9.17, 15) is 0 Å². The molecule has 0 spiro atoms. The summed E-state index contributed by atoms with van der Waals surface area (Å²) in [5.41, 5.74) is 0. The normalized spacial score (nSPS) is 35.1. The summed E-state index contributed by atoms with van der Waals surface area (Å²) in [7, 11) is 2.25. The Morgan fingerprint density at radius 1 is 1.06 bits per heavy atom. The molecule has 0 aromatic carbocycles. The Morgan fingerprint density at radius 2 is 1.81 bits per heavy atom. The fraction of sp³-hybridized carbons (Fsp3) is 1.00. The Kier molecular flexibility index (Phi) is 3.88. The van der Waals surface area contributed by atoms with E-state index in [1.54, 1.807) is 0 Å². The predicted octanol–water partition coefficient (Wildman–Crippen LogP) is 1.10. The molecule has 2 saturated heterocycles. The molecule has 2 unspecified atom stereocenters. The van der Waals surface area contributed by atoms with Gasteiger partial charge in [-0.3, -0.25) is 9.80 Å². The van der Waals surface area contributed by atoms with Crippen molar-refractivity contribution in [2.75, 3.05) is 39.8 Å². The van der Waals surface area contributed by atoms with Crippen LogP contribution in [0.4, 0.5) is 0 Å². The number of likely N-dealkylation sites (tertiary alicyclic amines) is 1. The summed E-state index contributed by atoms with van der Waals surface area (Å²) in [6.07, 6.45) is 1.37. The Morgan fingerprint density at radius 3 is 2.38 bits per heavy atom. The lowest BCUT2D eigenvalue weighted by molar-refractivity contribution is 0.0726. The van der Waals surface area contributed by atoms with E-state index in [1.165, 1.54) is 39.1 Å². The summed E-state index contributed by atoms with van der Waals surface area (Å²) in [5.74, 6) is 0. The van der Waals surface area contributed by atoms with Crippen LogP contribution < -0.4 is 0 Å². The topological polar surface area (TPSA) is 9.72 Å². The molecule has 0 N–H and O–H groups in total. The smallest absolute Gasteiger partial charge is 0.0236 e. The first kappa shape index (κ1) is 12.3. The molecule has 0 radical (unpaired) electrons. The zero-order valence-electron chi connectivity index (χ0n) is 11.3. The molecule has 2 rings (SSSR count). The second kappa shape index (κ2) is 5.03. The van der Waals surface area contributed by atoms with Gasteiger partial charge >= 0.3 is 0 Å². The van der Waals surface area contributed by atoms with E-state index in [2.05, 4.69) is 42.5 Å². The molecule has 0 aromatic heterocycles. The number of hydrogen-bond donors (Lipinski definition) is 0. The van der Waals surface area contributed by atoms with Gasteiger partial charge < -0.3 is 4.90 Å². The van der Waals surface area contributed by atoms with Crippen molar-refractivity contribution in [1.82, 2.24) is 14.7 Å². The third kappa shape index (κ3) is 2.58. The molecule has 0 bridgehead atoms. The van der Waals surface area contributed by atoms with E-state index in [1.807, 2.05) is 0 Å². The van der Waals surface area contributed by atoms with Crippen molar-refractivity contribution in [3.05, 3.63) is 0 Å². The molecule has 0 aromatic rings. The summed E-state index contributed by atoms with van der Waals surface area (Å²) in [6.45, 7) is 13.3. The molecule has 3 nitrogen and oxygen atoms in total. The average Bonchev–Trinajstić information content (AvgIpc) is 2.71. The second-order valence-electron chi connectivity index (χ2n) is 5.86. The van der Waals surface area contributed by atoms with Crippen LogP contribution in [0.5, 0.6) is 0 Å². The summed E-state index contributed by atoms with van der Waals surface area (Å²) in [4.78, 5) is 7.81. The van der Waals surface area contributed by atoms with Crippen LogP contribution in [0.1, 0.15) is 27.2 Å². The fourth-order valence-electron chi connectivity index (χ4n) is 2.94.